The zero-order valence-electron chi connectivity index (χ0n) is 8.86. The molecule has 0 aliphatic carbocycles. The number of ether oxygens (including phenoxy) is 1. The molecule has 0 spiro atoms. The van der Waals surface area contributed by atoms with E-state index in [0.717, 1.165) is 18.2 Å². The highest BCUT2D eigenvalue weighted by Gasteiger charge is 2.14. The van der Waals surface area contributed by atoms with Gasteiger partial charge in [-0.25, -0.2) is 0 Å². The van der Waals surface area contributed by atoms with Crippen molar-refractivity contribution < 1.29 is 9.53 Å². The first-order chi connectivity index (χ1) is 7.74. The molecule has 1 unspecified atom stereocenters. The van der Waals surface area contributed by atoms with E-state index >= 15 is 0 Å². The highest BCUT2D eigenvalue weighted by atomic mass is 79.9. The summed E-state index contributed by atoms with van der Waals surface area (Å²) in [5, 5.41) is 0.788. The van der Waals surface area contributed by atoms with Crippen LogP contribution in [0.25, 0.3) is 0 Å². The SMILES string of the molecule is O=C(OCCc1ccccc1)C(Br)CCBr. The highest BCUT2D eigenvalue weighted by Crippen LogP contribution is 2.09. The minimum Gasteiger partial charge on any atom is -0.465 e. The molecular weight excluding hydrogens is 336 g/mol. The first-order valence-electron chi connectivity index (χ1n) is 5.14. The molecule has 0 amide bonds. The number of alkyl halides is 2. The number of benzene rings is 1. The maximum Gasteiger partial charge on any atom is 0.319 e. The Kier molecular flexibility index (Phi) is 6.73. The van der Waals surface area contributed by atoms with Gasteiger partial charge in [-0.2, -0.15) is 0 Å². The Hall–Kier alpha value is -0.350. The molecule has 0 aliphatic heterocycles. The molecule has 0 aliphatic rings. The van der Waals surface area contributed by atoms with E-state index in [1.54, 1.807) is 0 Å². The molecule has 1 aromatic carbocycles. The van der Waals surface area contributed by atoms with E-state index in [0.29, 0.717) is 6.61 Å². The topological polar surface area (TPSA) is 26.3 Å². The minimum atomic E-state index is -0.206. The van der Waals surface area contributed by atoms with Crippen molar-refractivity contribution in [3.63, 3.8) is 0 Å². The van der Waals surface area contributed by atoms with Gasteiger partial charge in [-0.3, -0.25) is 4.79 Å². The van der Waals surface area contributed by atoms with Crippen LogP contribution in [0.15, 0.2) is 30.3 Å². The first kappa shape index (κ1) is 13.7. The minimum absolute atomic E-state index is 0.185. The van der Waals surface area contributed by atoms with Gasteiger partial charge in [0.1, 0.15) is 4.83 Å². The van der Waals surface area contributed by atoms with Crippen LogP contribution >= 0.6 is 31.9 Å². The molecule has 0 fully saturated rings. The number of carbonyl (C=O) groups excluding carboxylic acids is 1. The van der Waals surface area contributed by atoms with Gasteiger partial charge >= 0.3 is 5.97 Å². The van der Waals surface area contributed by atoms with Crippen molar-refractivity contribution >= 4 is 37.8 Å². The molecule has 0 N–H and O–H groups in total. The predicted molar refractivity (Wildman–Crippen MR) is 72.2 cm³/mol. The summed E-state index contributed by atoms with van der Waals surface area (Å²) in [6.07, 6.45) is 1.50. The van der Waals surface area contributed by atoms with Gasteiger partial charge in [0.05, 0.1) is 6.61 Å². The van der Waals surface area contributed by atoms with Crippen LogP contribution in [0, 0.1) is 0 Å². The van der Waals surface area contributed by atoms with Crippen LogP contribution in [0.3, 0.4) is 0 Å². The summed E-state index contributed by atoms with van der Waals surface area (Å²) in [7, 11) is 0. The van der Waals surface area contributed by atoms with Gasteiger partial charge in [0.25, 0.3) is 0 Å². The van der Waals surface area contributed by atoms with Crippen molar-refractivity contribution in [1.82, 2.24) is 0 Å². The quantitative estimate of drug-likeness (QED) is 0.581. The second kappa shape index (κ2) is 7.85. The maximum atomic E-state index is 11.4. The van der Waals surface area contributed by atoms with E-state index in [4.69, 9.17) is 4.74 Å². The van der Waals surface area contributed by atoms with Crippen molar-refractivity contribution in [3.8, 4) is 0 Å². The Labute approximate surface area is 113 Å². The number of esters is 1. The average molecular weight is 350 g/mol. The Morgan fingerprint density at radius 1 is 1.31 bits per heavy atom. The van der Waals surface area contributed by atoms with Crippen LogP contribution in [0.5, 0.6) is 0 Å². The fourth-order valence-electron chi connectivity index (χ4n) is 1.22. The summed E-state index contributed by atoms with van der Waals surface area (Å²) in [5.74, 6) is -0.185. The fraction of sp³-hybridized carbons (Fsp3) is 0.417. The summed E-state index contributed by atoms with van der Waals surface area (Å²) >= 11 is 6.57. The summed E-state index contributed by atoms with van der Waals surface area (Å²) in [4.78, 5) is 11.2. The van der Waals surface area contributed by atoms with Gasteiger partial charge in [0, 0.05) is 11.8 Å². The lowest BCUT2D eigenvalue weighted by Crippen LogP contribution is -2.19. The molecule has 16 heavy (non-hydrogen) atoms. The van der Waals surface area contributed by atoms with Gasteiger partial charge in [-0.15, -0.1) is 0 Å². The van der Waals surface area contributed by atoms with E-state index in [-0.39, 0.29) is 10.8 Å². The fourth-order valence-corrected chi connectivity index (χ4v) is 2.65. The molecule has 0 heterocycles. The summed E-state index contributed by atoms with van der Waals surface area (Å²) < 4.78 is 5.15. The van der Waals surface area contributed by atoms with Crippen molar-refractivity contribution in [3.05, 3.63) is 35.9 Å². The molecule has 0 aromatic heterocycles. The van der Waals surface area contributed by atoms with Crippen molar-refractivity contribution in [2.45, 2.75) is 17.7 Å². The van der Waals surface area contributed by atoms with E-state index < -0.39 is 0 Å². The van der Waals surface area contributed by atoms with Crippen LogP contribution in [0.1, 0.15) is 12.0 Å². The molecular formula is C12H14Br2O2. The largest absolute Gasteiger partial charge is 0.465 e. The number of rotatable bonds is 6. The molecule has 1 rings (SSSR count). The van der Waals surface area contributed by atoms with Gasteiger partial charge in [-0.1, -0.05) is 62.2 Å². The highest BCUT2D eigenvalue weighted by molar-refractivity contribution is 9.10. The Morgan fingerprint density at radius 3 is 2.62 bits per heavy atom. The molecule has 0 bridgehead atoms. The molecule has 0 saturated carbocycles. The van der Waals surface area contributed by atoms with E-state index in [9.17, 15) is 4.79 Å². The summed E-state index contributed by atoms with van der Waals surface area (Å²) in [5.41, 5.74) is 1.18. The molecule has 0 radical (unpaired) electrons. The Bertz CT molecular complexity index is 314. The second-order valence-corrected chi connectivity index (χ2v) is 5.25. The third kappa shape index (κ3) is 5.12. The standard InChI is InChI=1S/C12H14Br2O2/c13-8-6-11(14)12(15)16-9-7-10-4-2-1-3-5-10/h1-5,11H,6-9H2. The molecule has 4 heteroatoms. The molecule has 1 aromatic rings. The van der Waals surface area contributed by atoms with Crippen LogP contribution in [-0.4, -0.2) is 22.7 Å². The summed E-state index contributed by atoms with van der Waals surface area (Å²) in [6.45, 7) is 0.438. The predicted octanol–water partition coefficient (Wildman–Crippen LogP) is 3.32. The third-order valence-corrected chi connectivity index (χ3v) is 3.39. The average Bonchev–Trinajstić information content (AvgIpc) is 2.30. The lowest BCUT2D eigenvalue weighted by molar-refractivity contribution is -0.142. The van der Waals surface area contributed by atoms with Crippen molar-refractivity contribution in [2.75, 3.05) is 11.9 Å². The van der Waals surface area contributed by atoms with Gasteiger partial charge in [0.2, 0.25) is 0 Å². The number of hydrogen-bond acceptors (Lipinski definition) is 2. The normalized spacial score (nSPS) is 12.1. The molecule has 88 valence electrons. The van der Waals surface area contributed by atoms with Crippen molar-refractivity contribution in [2.24, 2.45) is 0 Å². The zero-order chi connectivity index (χ0) is 11.8. The first-order valence-corrected chi connectivity index (χ1v) is 7.18. The second-order valence-electron chi connectivity index (χ2n) is 3.35. The van der Waals surface area contributed by atoms with E-state index in [1.165, 1.54) is 5.56 Å². The summed E-state index contributed by atoms with van der Waals surface area (Å²) in [6, 6.07) is 9.99. The Balaban J connectivity index is 2.23. The molecule has 0 saturated heterocycles. The lowest BCUT2D eigenvalue weighted by atomic mass is 10.2. The smallest absolute Gasteiger partial charge is 0.319 e. The lowest BCUT2D eigenvalue weighted by Gasteiger charge is -2.08. The maximum absolute atomic E-state index is 11.4. The zero-order valence-corrected chi connectivity index (χ0v) is 12.0. The van der Waals surface area contributed by atoms with E-state index in [2.05, 4.69) is 31.9 Å². The van der Waals surface area contributed by atoms with Crippen molar-refractivity contribution in [1.29, 1.82) is 0 Å². The van der Waals surface area contributed by atoms with Crippen LogP contribution in [0.2, 0.25) is 0 Å². The van der Waals surface area contributed by atoms with Gasteiger partial charge in [-0.05, 0) is 12.0 Å². The van der Waals surface area contributed by atoms with Crippen LogP contribution < -0.4 is 0 Å². The number of hydrogen-bond donors (Lipinski definition) is 0. The van der Waals surface area contributed by atoms with Crippen LogP contribution in [-0.2, 0) is 16.0 Å². The number of halogens is 2. The molecule has 1 atom stereocenters. The van der Waals surface area contributed by atoms with Gasteiger partial charge in [0.15, 0.2) is 0 Å². The monoisotopic (exact) mass is 348 g/mol. The number of carbonyl (C=O) groups is 1. The Morgan fingerprint density at radius 2 is 2.00 bits per heavy atom. The van der Waals surface area contributed by atoms with Gasteiger partial charge < -0.3 is 4.74 Å². The third-order valence-electron chi connectivity index (χ3n) is 2.10. The molecule has 2 nitrogen and oxygen atoms in total. The van der Waals surface area contributed by atoms with E-state index in [1.807, 2.05) is 30.3 Å². The van der Waals surface area contributed by atoms with Crippen LogP contribution in [0.4, 0.5) is 0 Å².